The standard InChI is InChI=1S/C11H14BrNO/c12-9-1-2-10-8(7-9)3-4-11(10,14)5-6-13/h1-2,7,14H,3-6,13H2. The summed E-state index contributed by atoms with van der Waals surface area (Å²) in [6, 6.07) is 6.07. The highest BCUT2D eigenvalue weighted by Crippen LogP contribution is 2.39. The highest BCUT2D eigenvalue weighted by Gasteiger charge is 2.35. The van der Waals surface area contributed by atoms with Gasteiger partial charge in [0.25, 0.3) is 0 Å². The minimum Gasteiger partial charge on any atom is -0.385 e. The number of hydrogen-bond donors (Lipinski definition) is 2. The van der Waals surface area contributed by atoms with Crippen molar-refractivity contribution in [3.8, 4) is 0 Å². The van der Waals surface area contributed by atoms with Crippen LogP contribution in [0, 0.1) is 0 Å². The van der Waals surface area contributed by atoms with E-state index in [0.29, 0.717) is 13.0 Å². The summed E-state index contributed by atoms with van der Waals surface area (Å²) < 4.78 is 1.08. The van der Waals surface area contributed by atoms with Crippen LogP contribution >= 0.6 is 15.9 Å². The summed E-state index contributed by atoms with van der Waals surface area (Å²) in [5.74, 6) is 0. The van der Waals surface area contributed by atoms with Crippen molar-refractivity contribution in [2.45, 2.75) is 24.9 Å². The summed E-state index contributed by atoms with van der Waals surface area (Å²) >= 11 is 3.44. The molecule has 2 rings (SSSR count). The first-order chi connectivity index (χ1) is 6.65. The molecular formula is C11H14BrNO. The number of rotatable bonds is 2. The first kappa shape index (κ1) is 10.1. The molecule has 14 heavy (non-hydrogen) atoms. The monoisotopic (exact) mass is 255 g/mol. The lowest BCUT2D eigenvalue weighted by Crippen LogP contribution is -2.25. The van der Waals surface area contributed by atoms with Crippen molar-refractivity contribution in [3.63, 3.8) is 0 Å². The number of aryl methyl sites for hydroxylation is 1. The lowest BCUT2D eigenvalue weighted by Gasteiger charge is -2.23. The van der Waals surface area contributed by atoms with Crippen molar-refractivity contribution in [3.05, 3.63) is 33.8 Å². The van der Waals surface area contributed by atoms with Crippen molar-refractivity contribution < 1.29 is 5.11 Å². The molecule has 1 aromatic rings. The Labute approximate surface area is 92.3 Å². The zero-order valence-corrected chi connectivity index (χ0v) is 9.55. The second kappa shape index (κ2) is 3.65. The fourth-order valence-electron chi connectivity index (χ4n) is 2.20. The largest absolute Gasteiger partial charge is 0.385 e. The molecule has 1 aliphatic rings. The smallest absolute Gasteiger partial charge is 0.0914 e. The zero-order valence-electron chi connectivity index (χ0n) is 7.96. The minimum atomic E-state index is -0.676. The summed E-state index contributed by atoms with van der Waals surface area (Å²) in [4.78, 5) is 0. The maximum Gasteiger partial charge on any atom is 0.0914 e. The quantitative estimate of drug-likeness (QED) is 0.849. The van der Waals surface area contributed by atoms with E-state index in [1.165, 1.54) is 5.56 Å². The van der Waals surface area contributed by atoms with Gasteiger partial charge in [-0.3, -0.25) is 0 Å². The molecule has 2 nitrogen and oxygen atoms in total. The van der Waals surface area contributed by atoms with Crippen LogP contribution in [0.15, 0.2) is 22.7 Å². The average molecular weight is 256 g/mol. The number of aliphatic hydroxyl groups is 1. The molecule has 0 aliphatic heterocycles. The van der Waals surface area contributed by atoms with Gasteiger partial charge in [0.2, 0.25) is 0 Å². The third kappa shape index (κ3) is 1.60. The lowest BCUT2D eigenvalue weighted by atomic mass is 9.92. The van der Waals surface area contributed by atoms with Crippen LogP contribution in [0.1, 0.15) is 24.0 Å². The van der Waals surface area contributed by atoms with Crippen molar-refractivity contribution in [1.82, 2.24) is 0 Å². The van der Waals surface area contributed by atoms with Gasteiger partial charge in [-0.15, -0.1) is 0 Å². The molecule has 0 saturated heterocycles. The molecular weight excluding hydrogens is 242 g/mol. The van der Waals surface area contributed by atoms with E-state index in [-0.39, 0.29) is 0 Å². The third-order valence-corrected chi connectivity index (χ3v) is 3.43. The van der Waals surface area contributed by atoms with Crippen molar-refractivity contribution in [2.24, 2.45) is 5.73 Å². The second-order valence-corrected chi connectivity index (χ2v) is 4.79. The van der Waals surface area contributed by atoms with Gasteiger partial charge in [0.05, 0.1) is 5.60 Å². The minimum absolute atomic E-state index is 0.534. The van der Waals surface area contributed by atoms with Crippen LogP contribution in [0.25, 0.3) is 0 Å². The average Bonchev–Trinajstić information content (AvgIpc) is 2.44. The molecule has 0 amide bonds. The molecule has 1 aromatic carbocycles. The fraction of sp³-hybridized carbons (Fsp3) is 0.455. The van der Waals surface area contributed by atoms with E-state index in [1.54, 1.807) is 0 Å². The number of nitrogens with two attached hydrogens (primary N) is 1. The Morgan fingerprint density at radius 1 is 1.50 bits per heavy atom. The number of benzene rings is 1. The van der Waals surface area contributed by atoms with Crippen molar-refractivity contribution >= 4 is 15.9 Å². The maximum absolute atomic E-state index is 10.3. The predicted octanol–water partition coefficient (Wildman–Crippen LogP) is 1.93. The van der Waals surface area contributed by atoms with E-state index in [2.05, 4.69) is 22.0 Å². The molecule has 0 fully saturated rings. The molecule has 0 aromatic heterocycles. The summed E-state index contributed by atoms with van der Waals surface area (Å²) in [6.07, 6.45) is 2.41. The van der Waals surface area contributed by atoms with Crippen LogP contribution in [0.2, 0.25) is 0 Å². The Morgan fingerprint density at radius 3 is 3.00 bits per heavy atom. The third-order valence-electron chi connectivity index (χ3n) is 2.93. The Balaban J connectivity index is 2.39. The lowest BCUT2D eigenvalue weighted by molar-refractivity contribution is 0.0320. The molecule has 0 saturated carbocycles. The first-order valence-electron chi connectivity index (χ1n) is 4.87. The number of hydrogen-bond acceptors (Lipinski definition) is 2. The Hall–Kier alpha value is -0.380. The van der Waals surface area contributed by atoms with E-state index < -0.39 is 5.60 Å². The van der Waals surface area contributed by atoms with E-state index in [9.17, 15) is 5.11 Å². The molecule has 76 valence electrons. The first-order valence-corrected chi connectivity index (χ1v) is 5.66. The van der Waals surface area contributed by atoms with Gasteiger partial charge in [0.1, 0.15) is 0 Å². The van der Waals surface area contributed by atoms with Gasteiger partial charge in [-0.1, -0.05) is 22.0 Å². The highest BCUT2D eigenvalue weighted by atomic mass is 79.9. The van der Waals surface area contributed by atoms with Crippen molar-refractivity contribution in [1.29, 1.82) is 0 Å². The van der Waals surface area contributed by atoms with E-state index in [0.717, 1.165) is 22.9 Å². The number of fused-ring (bicyclic) bond motifs is 1. The van der Waals surface area contributed by atoms with Gasteiger partial charge in [-0.2, -0.15) is 0 Å². The predicted molar refractivity (Wildman–Crippen MR) is 60.0 cm³/mol. The van der Waals surface area contributed by atoms with Gasteiger partial charge in [0, 0.05) is 4.47 Å². The SMILES string of the molecule is NCCC1(O)CCc2cc(Br)ccc21. The molecule has 0 bridgehead atoms. The molecule has 0 spiro atoms. The number of halogens is 1. The maximum atomic E-state index is 10.3. The van der Waals surface area contributed by atoms with Crippen LogP contribution in [-0.2, 0) is 12.0 Å². The second-order valence-electron chi connectivity index (χ2n) is 3.87. The molecule has 1 atom stereocenters. The molecule has 0 radical (unpaired) electrons. The van der Waals surface area contributed by atoms with Crippen LogP contribution in [-0.4, -0.2) is 11.7 Å². The molecule has 3 N–H and O–H groups in total. The summed E-state index contributed by atoms with van der Waals surface area (Å²) in [7, 11) is 0. The topological polar surface area (TPSA) is 46.2 Å². The molecule has 0 heterocycles. The van der Waals surface area contributed by atoms with E-state index in [1.807, 2.05) is 12.1 Å². The van der Waals surface area contributed by atoms with Gasteiger partial charge in [-0.05, 0) is 49.1 Å². The van der Waals surface area contributed by atoms with Crippen molar-refractivity contribution in [2.75, 3.05) is 6.54 Å². The van der Waals surface area contributed by atoms with Crippen LogP contribution in [0.4, 0.5) is 0 Å². The zero-order chi connectivity index (χ0) is 10.2. The van der Waals surface area contributed by atoms with E-state index in [4.69, 9.17) is 5.73 Å². The fourth-order valence-corrected chi connectivity index (χ4v) is 2.61. The Kier molecular flexibility index (Phi) is 2.64. The summed E-state index contributed by atoms with van der Waals surface area (Å²) in [5, 5.41) is 10.3. The summed E-state index contributed by atoms with van der Waals surface area (Å²) in [6.45, 7) is 0.534. The Bertz CT molecular complexity index is 353. The van der Waals surface area contributed by atoms with Gasteiger partial charge in [-0.25, -0.2) is 0 Å². The van der Waals surface area contributed by atoms with Crippen LogP contribution < -0.4 is 5.73 Å². The summed E-state index contributed by atoms with van der Waals surface area (Å²) in [5.41, 5.74) is 7.14. The normalized spacial score (nSPS) is 25.1. The van der Waals surface area contributed by atoms with Crippen LogP contribution in [0.5, 0.6) is 0 Å². The van der Waals surface area contributed by atoms with E-state index >= 15 is 0 Å². The highest BCUT2D eigenvalue weighted by molar-refractivity contribution is 9.10. The Morgan fingerprint density at radius 2 is 2.29 bits per heavy atom. The van der Waals surface area contributed by atoms with Gasteiger partial charge in [0.15, 0.2) is 0 Å². The molecule has 1 aliphatic carbocycles. The molecule has 1 unspecified atom stereocenters. The van der Waals surface area contributed by atoms with Gasteiger partial charge >= 0.3 is 0 Å². The van der Waals surface area contributed by atoms with Crippen LogP contribution in [0.3, 0.4) is 0 Å². The molecule has 3 heteroatoms. The van der Waals surface area contributed by atoms with Gasteiger partial charge < -0.3 is 10.8 Å².